The number of halogens is 1. The molecule has 9 nitrogen and oxygen atoms in total. The summed E-state index contributed by atoms with van der Waals surface area (Å²) >= 11 is 3.47. The van der Waals surface area contributed by atoms with Gasteiger partial charge < -0.3 is 29.3 Å². The summed E-state index contributed by atoms with van der Waals surface area (Å²) in [5, 5.41) is 5.93. The van der Waals surface area contributed by atoms with Crippen LogP contribution in [0.3, 0.4) is 0 Å². The number of carbonyl (C=O) groups excluding carboxylic acids is 2. The van der Waals surface area contributed by atoms with Crippen LogP contribution in [0.25, 0.3) is 0 Å². The zero-order chi connectivity index (χ0) is 28.5. The third-order valence-electron chi connectivity index (χ3n) is 7.75. The predicted octanol–water partition coefficient (Wildman–Crippen LogP) is 5.02. The monoisotopic (exact) mass is 616 g/mol. The lowest BCUT2D eigenvalue weighted by atomic mass is 9.83. The van der Waals surface area contributed by atoms with E-state index in [-0.39, 0.29) is 35.8 Å². The molecule has 0 radical (unpaired) electrons. The van der Waals surface area contributed by atoms with Gasteiger partial charge in [-0.25, -0.2) is 0 Å². The number of nitrogens with one attached hydrogen (secondary N) is 2. The minimum absolute atomic E-state index is 0.0346. The second kappa shape index (κ2) is 11.3. The first-order valence-electron chi connectivity index (χ1n) is 13.4. The van der Waals surface area contributed by atoms with Crippen LogP contribution in [-0.2, 0) is 13.1 Å². The van der Waals surface area contributed by atoms with Gasteiger partial charge in [0.05, 0.1) is 36.9 Å². The molecule has 2 aromatic heterocycles. The minimum atomic E-state index is -0.334. The minimum Gasteiger partial charge on any atom is -0.497 e. The highest BCUT2D eigenvalue weighted by Crippen LogP contribution is 2.39. The number of nitrogens with zero attached hydrogens (tertiary/aromatic N) is 2. The SMILES string of the molecule is COc1ccc(Br)c(C(=O)Nc2cc(C(=O)NCc3ccco3)ccc2N2C[C@H]3C[C@@H](C2)c2cccc(=O)n2C3)c1. The normalized spacial score (nSPS) is 17.5. The van der Waals surface area contributed by atoms with Gasteiger partial charge in [-0.3, -0.25) is 14.4 Å². The van der Waals surface area contributed by atoms with Gasteiger partial charge in [0.15, 0.2) is 0 Å². The van der Waals surface area contributed by atoms with Gasteiger partial charge in [0.25, 0.3) is 17.4 Å². The lowest BCUT2D eigenvalue weighted by molar-refractivity contribution is 0.0946. The highest BCUT2D eigenvalue weighted by Gasteiger charge is 2.35. The molecule has 2 aromatic carbocycles. The van der Waals surface area contributed by atoms with Gasteiger partial charge in [-0.2, -0.15) is 0 Å². The lowest BCUT2D eigenvalue weighted by Crippen LogP contribution is -2.47. The molecule has 41 heavy (non-hydrogen) atoms. The van der Waals surface area contributed by atoms with E-state index in [4.69, 9.17) is 9.15 Å². The second-order valence-electron chi connectivity index (χ2n) is 10.4. The summed E-state index contributed by atoms with van der Waals surface area (Å²) in [6, 6.07) is 19.6. The van der Waals surface area contributed by atoms with E-state index in [0.29, 0.717) is 45.9 Å². The molecule has 10 heteroatoms. The molecule has 0 aliphatic carbocycles. The van der Waals surface area contributed by atoms with Crippen molar-refractivity contribution in [3.8, 4) is 5.75 Å². The molecule has 0 saturated carbocycles. The maximum Gasteiger partial charge on any atom is 0.257 e. The van der Waals surface area contributed by atoms with Crippen molar-refractivity contribution in [3.05, 3.63) is 110 Å². The van der Waals surface area contributed by atoms with Crippen LogP contribution in [0.5, 0.6) is 5.75 Å². The maximum atomic E-state index is 13.5. The molecule has 2 bridgehead atoms. The molecule has 2 amide bonds. The molecular formula is C31H29BrN4O5. The summed E-state index contributed by atoms with van der Waals surface area (Å²) in [7, 11) is 1.55. The van der Waals surface area contributed by atoms with Crippen molar-refractivity contribution in [1.29, 1.82) is 0 Å². The summed E-state index contributed by atoms with van der Waals surface area (Å²) in [6.07, 6.45) is 2.56. The first kappa shape index (κ1) is 26.9. The molecule has 4 aromatic rings. The average molecular weight is 618 g/mol. The molecular weight excluding hydrogens is 588 g/mol. The molecule has 1 fully saturated rings. The fraction of sp³-hybridized carbons (Fsp3) is 0.258. The molecule has 0 unspecified atom stereocenters. The Balaban J connectivity index is 1.32. The van der Waals surface area contributed by atoms with E-state index in [1.165, 1.54) is 0 Å². The van der Waals surface area contributed by atoms with Crippen molar-refractivity contribution in [2.24, 2.45) is 5.92 Å². The number of furan rings is 1. The Bertz CT molecular complexity index is 1670. The fourth-order valence-corrected chi connectivity index (χ4v) is 6.25. The Kier molecular flexibility index (Phi) is 7.40. The molecule has 210 valence electrons. The number of piperidine rings is 1. The van der Waals surface area contributed by atoms with Gasteiger partial charge in [-0.15, -0.1) is 0 Å². The van der Waals surface area contributed by atoms with E-state index in [0.717, 1.165) is 24.3 Å². The van der Waals surface area contributed by atoms with Gasteiger partial charge >= 0.3 is 0 Å². The zero-order valence-electron chi connectivity index (χ0n) is 22.4. The number of amides is 2. The quantitative estimate of drug-likeness (QED) is 0.302. The second-order valence-corrected chi connectivity index (χ2v) is 11.3. The van der Waals surface area contributed by atoms with Crippen LogP contribution < -0.4 is 25.8 Å². The van der Waals surface area contributed by atoms with Crippen LogP contribution in [0.1, 0.15) is 44.5 Å². The smallest absolute Gasteiger partial charge is 0.257 e. The predicted molar refractivity (Wildman–Crippen MR) is 159 cm³/mol. The number of pyridine rings is 1. The van der Waals surface area contributed by atoms with E-state index in [1.54, 1.807) is 61.9 Å². The number of hydrogen-bond donors (Lipinski definition) is 2. The summed E-state index contributed by atoms with van der Waals surface area (Å²) in [4.78, 5) is 41.4. The molecule has 2 aliphatic rings. The van der Waals surface area contributed by atoms with Crippen molar-refractivity contribution in [1.82, 2.24) is 9.88 Å². The van der Waals surface area contributed by atoms with E-state index in [9.17, 15) is 14.4 Å². The number of carbonyl (C=O) groups is 2. The standard InChI is InChI=1S/C31H29BrN4O5/c1-40-22-8-9-25(32)24(14-22)31(39)34-26-13-20(30(38)33-15-23-4-3-11-41-23)7-10-28(26)35-16-19-12-21(18-35)27-5-2-6-29(37)36(27)17-19/h2-11,13-14,19,21H,12,15-18H2,1H3,(H,33,38)(H,34,39)/t19-,21+/m1/s1. The van der Waals surface area contributed by atoms with E-state index in [2.05, 4.69) is 31.5 Å². The van der Waals surface area contributed by atoms with Gasteiger partial charge in [-0.1, -0.05) is 6.07 Å². The number of ether oxygens (including phenoxy) is 1. The van der Waals surface area contributed by atoms with Gasteiger partial charge in [0, 0.05) is 47.3 Å². The third kappa shape index (κ3) is 5.52. The van der Waals surface area contributed by atoms with Crippen molar-refractivity contribution in [3.63, 3.8) is 0 Å². The Morgan fingerprint density at radius 1 is 1.02 bits per heavy atom. The molecule has 2 N–H and O–H groups in total. The number of methoxy groups -OCH3 is 1. The van der Waals surface area contributed by atoms with Crippen LogP contribution in [0, 0.1) is 5.92 Å². The summed E-state index contributed by atoms with van der Waals surface area (Å²) in [6.45, 7) is 2.33. The molecule has 0 spiro atoms. The van der Waals surface area contributed by atoms with Crippen LogP contribution in [0.2, 0.25) is 0 Å². The third-order valence-corrected chi connectivity index (χ3v) is 8.44. The molecule has 6 rings (SSSR count). The Morgan fingerprint density at radius 2 is 1.90 bits per heavy atom. The van der Waals surface area contributed by atoms with E-state index in [1.807, 2.05) is 22.8 Å². The molecule has 1 saturated heterocycles. The topological polar surface area (TPSA) is 106 Å². The summed E-state index contributed by atoms with van der Waals surface area (Å²) < 4.78 is 13.2. The van der Waals surface area contributed by atoms with Crippen LogP contribution in [0.4, 0.5) is 11.4 Å². The fourth-order valence-electron chi connectivity index (χ4n) is 5.82. The van der Waals surface area contributed by atoms with Crippen molar-refractivity contribution in [2.45, 2.75) is 25.4 Å². The van der Waals surface area contributed by atoms with Crippen molar-refractivity contribution < 1.29 is 18.7 Å². The molecule has 2 atom stereocenters. The first-order valence-corrected chi connectivity index (χ1v) is 14.2. The van der Waals surface area contributed by atoms with Gasteiger partial charge in [-0.05, 0) is 82.9 Å². The van der Waals surface area contributed by atoms with Crippen LogP contribution in [-0.4, -0.2) is 36.6 Å². The summed E-state index contributed by atoms with van der Waals surface area (Å²) in [5.74, 6) is 1.06. The van der Waals surface area contributed by atoms with E-state index < -0.39 is 0 Å². The Labute approximate surface area is 245 Å². The average Bonchev–Trinajstić information content (AvgIpc) is 3.50. The zero-order valence-corrected chi connectivity index (χ0v) is 24.0. The number of benzene rings is 2. The van der Waals surface area contributed by atoms with Gasteiger partial charge in [0.1, 0.15) is 11.5 Å². The van der Waals surface area contributed by atoms with Crippen LogP contribution in [0.15, 0.2) is 86.7 Å². The highest BCUT2D eigenvalue weighted by molar-refractivity contribution is 9.10. The number of aromatic nitrogens is 1. The molecule has 2 aliphatic heterocycles. The highest BCUT2D eigenvalue weighted by atomic mass is 79.9. The number of fused-ring (bicyclic) bond motifs is 4. The Morgan fingerprint density at radius 3 is 2.71 bits per heavy atom. The number of hydrogen-bond acceptors (Lipinski definition) is 6. The van der Waals surface area contributed by atoms with Gasteiger partial charge in [0.2, 0.25) is 0 Å². The van der Waals surface area contributed by atoms with Crippen molar-refractivity contribution >= 4 is 39.1 Å². The van der Waals surface area contributed by atoms with Crippen molar-refractivity contribution in [2.75, 3.05) is 30.4 Å². The summed E-state index contributed by atoms with van der Waals surface area (Å²) in [5.41, 5.74) is 3.24. The first-order chi connectivity index (χ1) is 19.9. The number of anilines is 2. The largest absolute Gasteiger partial charge is 0.497 e. The van der Waals surface area contributed by atoms with Crippen LogP contribution >= 0.6 is 15.9 Å². The molecule has 4 heterocycles. The maximum absolute atomic E-state index is 13.5. The number of rotatable bonds is 7. The lowest BCUT2D eigenvalue weighted by Gasteiger charge is -2.44. The van der Waals surface area contributed by atoms with E-state index >= 15 is 0 Å². The Hall–Kier alpha value is -4.31.